The van der Waals surface area contributed by atoms with Gasteiger partial charge in [0.2, 0.25) is 5.43 Å². The number of aryl methyl sites for hydroxylation is 1. The molecule has 0 unspecified atom stereocenters. The summed E-state index contributed by atoms with van der Waals surface area (Å²) in [6, 6.07) is 13.5. The van der Waals surface area contributed by atoms with Crippen LogP contribution in [-0.4, -0.2) is 4.98 Å². The SMILES string of the molecule is Cc1ccc2c(=O)c(-c3nc4ccccc4s3)coc2c1. The van der Waals surface area contributed by atoms with Crippen molar-refractivity contribution >= 4 is 32.5 Å². The molecule has 21 heavy (non-hydrogen) atoms. The summed E-state index contributed by atoms with van der Waals surface area (Å²) in [5, 5.41) is 1.30. The van der Waals surface area contributed by atoms with Gasteiger partial charge in [0.15, 0.2) is 0 Å². The molecular formula is C17H11NO2S. The highest BCUT2D eigenvalue weighted by Crippen LogP contribution is 2.29. The highest BCUT2D eigenvalue weighted by molar-refractivity contribution is 7.21. The van der Waals surface area contributed by atoms with E-state index in [0.717, 1.165) is 15.8 Å². The molecule has 0 saturated carbocycles. The summed E-state index contributed by atoms with van der Waals surface area (Å²) >= 11 is 1.51. The van der Waals surface area contributed by atoms with E-state index >= 15 is 0 Å². The standard InChI is InChI=1S/C17H11NO2S/c1-10-6-7-11-14(8-10)20-9-12(16(11)19)17-18-13-4-2-3-5-15(13)21-17/h2-9H,1H3. The Balaban J connectivity index is 2.00. The topological polar surface area (TPSA) is 43.1 Å². The summed E-state index contributed by atoms with van der Waals surface area (Å²) in [6.07, 6.45) is 1.52. The van der Waals surface area contributed by atoms with Crippen molar-refractivity contribution in [3.63, 3.8) is 0 Å². The van der Waals surface area contributed by atoms with E-state index < -0.39 is 0 Å². The molecule has 0 aliphatic carbocycles. The van der Waals surface area contributed by atoms with Gasteiger partial charge in [-0.1, -0.05) is 18.2 Å². The third-order valence-corrected chi connectivity index (χ3v) is 4.52. The summed E-state index contributed by atoms with van der Waals surface area (Å²) in [6.45, 7) is 1.97. The molecule has 4 rings (SSSR count). The molecular weight excluding hydrogens is 282 g/mol. The maximum Gasteiger partial charge on any atom is 0.202 e. The van der Waals surface area contributed by atoms with Crippen LogP contribution in [-0.2, 0) is 0 Å². The van der Waals surface area contributed by atoms with Crippen LogP contribution in [0.4, 0.5) is 0 Å². The largest absolute Gasteiger partial charge is 0.463 e. The fourth-order valence-corrected chi connectivity index (χ4v) is 3.34. The van der Waals surface area contributed by atoms with Crippen molar-refractivity contribution in [1.82, 2.24) is 4.98 Å². The molecule has 0 radical (unpaired) electrons. The number of rotatable bonds is 1. The summed E-state index contributed by atoms with van der Waals surface area (Å²) in [5.41, 5.74) is 3.08. The average Bonchev–Trinajstić information content (AvgIpc) is 2.91. The van der Waals surface area contributed by atoms with E-state index in [1.165, 1.54) is 17.6 Å². The van der Waals surface area contributed by atoms with E-state index in [1.807, 2.05) is 49.4 Å². The molecule has 0 fully saturated rings. The van der Waals surface area contributed by atoms with Crippen LogP contribution in [0.2, 0.25) is 0 Å². The van der Waals surface area contributed by atoms with Gasteiger partial charge in [0.25, 0.3) is 0 Å². The minimum Gasteiger partial charge on any atom is -0.463 e. The Labute approximate surface area is 124 Å². The lowest BCUT2D eigenvalue weighted by atomic mass is 10.1. The molecule has 0 atom stereocenters. The van der Waals surface area contributed by atoms with E-state index in [9.17, 15) is 4.79 Å². The predicted octanol–water partition coefficient (Wildman–Crippen LogP) is 4.38. The zero-order valence-corrected chi connectivity index (χ0v) is 12.1. The Morgan fingerprint density at radius 1 is 1.14 bits per heavy atom. The predicted molar refractivity (Wildman–Crippen MR) is 85.8 cm³/mol. The normalized spacial score (nSPS) is 11.3. The van der Waals surface area contributed by atoms with Gasteiger partial charge in [-0.25, -0.2) is 4.98 Å². The first-order valence-electron chi connectivity index (χ1n) is 6.60. The van der Waals surface area contributed by atoms with E-state index in [0.29, 0.717) is 21.5 Å². The number of fused-ring (bicyclic) bond motifs is 2. The minimum atomic E-state index is -0.0321. The minimum absolute atomic E-state index is 0.0321. The van der Waals surface area contributed by atoms with Crippen LogP contribution in [0.1, 0.15) is 5.56 Å². The van der Waals surface area contributed by atoms with Crippen LogP contribution in [0.25, 0.3) is 31.8 Å². The van der Waals surface area contributed by atoms with Crippen molar-refractivity contribution < 1.29 is 4.42 Å². The third kappa shape index (κ3) is 1.96. The quantitative estimate of drug-likeness (QED) is 0.523. The van der Waals surface area contributed by atoms with Gasteiger partial charge in [-0.3, -0.25) is 4.79 Å². The number of thiazole rings is 1. The maximum atomic E-state index is 12.6. The molecule has 4 aromatic rings. The van der Waals surface area contributed by atoms with Gasteiger partial charge < -0.3 is 4.42 Å². The first-order chi connectivity index (χ1) is 10.2. The lowest BCUT2D eigenvalue weighted by molar-refractivity contribution is 0.604. The number of aromatic nitrogens is 1. The molecule has 2 heterocycles. The summed E-state index contributed by atoms with van der Waals surface area (Å²) in [5.74, 6) is 0. The Kier molecular flexibility index (Phi) is 2.65. The second-order valence-electron chi connectivity index (χ2n) is 4.96. The fourth-order valence-electron chi connectivity index (χ4n) is 2.37. The van der Waals surface area contributed by atoms with Gasteiger partial charge in [-0.15, -0.1) is 11.3 Å². The number of hydrogen-bond acceptors (Lipinski definition) is 4. The van der Waals surface area contributed by atoms with Crippen LogP contribution in [0, 0.1) is 6.92 Å². The molecule has 3 nitrogen and oxygen atoms in total. The maximum absolute atomic E-state index is 12.6. The van der Waals surface area contributed by atoms with Crippen LogP contribution in [0.5, 0.6) is 0 Å². The Bertz CT molecular complexity index is 997. The van der Waals surface area contributed by atoms with Gasteiger partial charge in [-0.05, 0) is 36.8 Å². The fraction of sp³-hybridized carbons (Fsp3) is 0.0588. The van der Waals surface area contributed by atoms with Crippen molar-refractivity contribution in [3.05, 3.63) is 64.5 Å². The number of hydrogen-bond donors (Lipinski definition) is 0. The van der Waals surface area contributed by atoms with E-state index in [4.69, 9.17) is 4.42 Å². The van der Waals surface area contributed by atoms with Crippen LogP contribution < -0.4 is 5.43 Å². The smallest absolute Gasteiger partial charge is 0.202 e. The van der Waals surface area contributed by atoms with Crippen LogP contribution >= 0.6 is 11.3 Å². The molecule has 0 amide bonds. The molecule has 2 aromatic heterocycles. The zero-order chi connectivity index (χ0) is 14.4. The average molecular weight is 293 g/mol. The Morgan fingerprint density at radius 2 is 2.00 bits per heavy atom. The molecule has 2 aromatic carbocycles. The van der Waals surface area contributed by atoms with E-state index in [1.54, 1.807) is 0 Å². The molecule has 0 N–H and O–H groups in total. The first kappa shape index (κ1) is 12.3. The van der Waals surface area contributed by atoms with Crippen molar-refractivity contribution in [1.29, 1.82) is 0 Å². The summed E-state index contributed by atoms with van der Waals surface area (Å²) in [7, 11) is 0. The van der Waals surface area contributed by atoms with Crippen molar-refractivity contribution in [2.45, 2.75) is 6.92 Å². The van der Waals surface area contributed by atoms with Crippen LogP contribution in [0.3, 0.4) is 0 Å². The lowest BCUT2D eigenvalue weighted by Crippen LogP contribution is -2.04. The second kappa shape index (κ2) is 4.53. The monoisotopic (exact) mass is 293 g/mol. The molecule has 0 aliphatic heterocycles. The highest BCUT2D eigenvalue weighted by atomic mass is 32.1. The van der Waals surface area contributed by atoms with Gasteiger partial charge in [0.05, 0.1) is 21.2 Å². The van der Waals surface area contributed by atoms with Crippen molar-refractivity contribution in [2.24, 2.45) is 0 Å². The first-order valence-corrected chi connectivity index (χ1v) is 7.42. The van der Waals surface area contributed by atoms with E-state index in [-0.39, 0.29) is 5.43 Å². The third-order valence-electron chi connectivity index (χ3n) is 3.45. The molecule has 4 heteroatoms. The Morgan fingerprint density at radius 3 is 2.86 bits per heavy atom. The summed E-state index contributed by atoms with van der Waals surface area (Å²) in [4.78, 5) is 17.2. The second-order valence-corrected chi connectivity index (χ2v) is 6.00. The van der Waals surface area contributed by atoms with Gasteiger partial charge in [0.1, 0.15) is 16.9 Å². The molecule has 102 valence electrons. The zero-order valence-electron chi connectivity index (χ0n) is 11.3. The molecule has 0 saturated heterocycles. The van der Waals surface area contributed by atoms with Crippen molar-refractivity contribution in [2.75, 3.05) is 0 Å². The number of benzene rings is 2. The lowest BCUT2D eigenvalue weighted by Gasteiger charge is -2.00. The van der Waals surface area contributed by atoms with Gasteiger partial charge in [-0.2, -0.15) is 0 Å². The van der Waals surface area contributed by atoms with Gasteiger partial charge >= 0.3 is 0 Å². The van der Waals surface area contributed by atoms with Crippen molar-refractivity contribution in [3.8, 4) is 10.6 Å². The molecule has 0 aliphatic rings. The van der Waals surface area contributed by atoms with E-state index in [2.05, 4.69) is 4.98 Å². The van der Waals surface area contributed by atoms with Crippen LogP contribution in [0.15, 0.2) is 57.9 Å². The molecule has 0 spiro atoms. The number of nitrogens with zero attached hydrogens (tertiary/aromatic N) is 1. The van der Waals surface area contributed by atoms with Gasteiger partial charge in [0, 0.05) is 0 Å². The Hall–Kier alpha value is -2.46. The number of para-hydroxylation sites is 1. The highest BCUT2D eigenvalue weighted by Gasteiger charge is 2.13. The summed E-state index contributed by atoms with van der Waals surface area (Å²) < 4.78 is 6.69. The molecule has 0 bridgehead atoms.